The molecule has 0 saturated carbocycles. The normalized spacial score (nSPS) is 21.1. The van der Waals surface area contributed by atoms with Crippen LogP contribution in [0.3, 0.4) is 0 Å². The van der Waals surface area contributed by atoms with Crippen LogP contribution in [0.15, 0.2) is 18.2 Å². The topological polar surface area (TPSA) is 47.3 Å². The molecule has 76 valence electrons. The Kier molecular flexibility index (Phi) is 2.59. The number of rotatable bonds is 2. The molecular formula is C11H16N2O. The molecule has 0 aromatic heterocycles. The summed E-state index contributed by atoms with van der Waals surface area (Å²) in [6.45, 7) is 2.11. The summed E-state index contributed by atoms with van der Waals surface area (Å²) < 4.78 is 5.19. The lowest BCUT2D eigenvalue weighted by Crippen LogP contribution is -2.09. The first-order valence-electron chi connectivity index (χ1n) is 4.95. The van der Waals surface area contributed by atoms with E-state index in [-0.39, 0.29) is 0 Å². The molecule has 1 fully saturated rings. The van der Waals surface area contributed by atoms with Crippen molar-refractivity contribution in [2.75, 3.05) is 25.9 Å². The highest BCUT2D eigenvalue weighted by Gasteiger charge is 2.19. The molecular weight excluding hydrogens is 176 g/mol. The predicted octanol–water partition coefficient (Wildman–Crippen LogP) is 1.35. The third kappa shape index (κ3) is 1.68. The Bertz CT molecular complexity index is 319. The molecule has 1 aliphatic heterocycles. The lowest BCUT2D eigenvalue weighted by molar-refractivity contribution is 0.414. The second kappa shape index (κ2) is 3.88. The molecule has 1 aliphatic rings. The summed E-state index contributed by atoms with van der Waals surface area (Å²) in [6.07, 6.45) is 1.16. The van der Waals surface area contributed by atoms with Gasteiger partial charge < -0.3 is 15.8 Å². The van der Waals surface area contributed by atoms with E-state index < -0.39 is 0 Å². The average molecular weight is 192 g/mol. The third-order valence-corrected chi connectivity index (χ3v) is 2.79. The smallest absolute Gasteiger partial charge is 0.119 e. The Morgan fingerprint density at radius 2 is 2.36 bits per heavy atom. The highest BCUT2D eigenvalue weighted by molar-refractivity contribution is 5.52. The molecule has 3 heteroatoms. The maximum atomic E-state index is 5.94. The van der Waals surface area contributed by atoms with E-state index in [0.717, 1.165) is 30.9 Å². The van der Waals surface area contributed by atoms with Crippen molar-refractivity contribution in [3.05, 3.63) is 23.8 Å². The molecule has 0 spiro atoms. The highest BCUT2D eigenvalue weighted by atomic mass is 16.5. The van der Waals surface area contributed by atoms with Gasteiger partial charge >= 0.3 is 0 Å². The van der Waals surface area contributed by atoms with Gasteiger partial charge in [-0.1, -0.05) is 0 Å². The summed E-state index contributed by atoms with van der Waals surface area (Å²) in [6, 6.07) is 5.88. The summed E-state index contributed by atoms with van der Waals surface area (Å²) in [5, 5.41) is 3.34. The fraction of sp³-hybridized carbons (Fsp3) is 0.455. The molecule has 0 radical (unpaired) electrons. The van der Waals surface area contributed by atoms with Crippen molar-refractivity contribution in [3.63, 3.8) is 0 Å². The molecule has 1 saturated heterocycles. The van der Waals surface area contributed by atoms with Gasteiger partial charge in [-0.25, -0.2) is 0 Å². The van der Waals surface area contributed by atoms with Gasteiger partial charge in [0.05, 0.1) is 7.11 Å². The number of nitrogens with two attached hydrogens (primary N) is 1. The summed E-state index contributed by atoms with van der Waals surface area (Å²) in [5.74, 6) is 1.44. The van der Waals surface area contributed by atoms with Crippen LogP contribution in [-0.4, -0.2) is 20.2 Å². The second-order valence-corrected chi connectivity index (χ2v) is 3.68. The maximum absolute atomic E-state index is 5.94. The first-order valence-corrected chi connectivity index (χ1v) is 4.95. The minimum Gasteiger partial charge on any atom is -0.497 e. The van der Waals surface area contributed by atoms with E-state index in [1.165, 1.54) is 5.56 Å². The summed E-state index contributed by atoms with van der Waals surface area (Å²) in [4.78, 5) is 0. The molecule has 1 atom stereocenters. The van der Waals surface area contributed by atoms with Crippen LogP contribution in [0.4, 0.5) is 5.69 Å². The van der Waals surface area contributed by atoms with Gasteiger partial charge in [0.1, 0.15) is 5.75 Å². The Hall–Kier alpha value is -1.22. The van der Waals surface area contributed by atoms with Crippen LogP contribution in [0.1, 0.15) is 17.9 Å². The van der Waals surface area contributed by atoms with Gasteiger partial charge in [0.15, 0.2) is 0 Å². The number of nitrogens with one attached hydrogen (secondary N) is 1. The predicted molar refractivity (Wildman–Crippen MR) is 57.6 cm³/mol. The summed E-state index contributed by atoms with van der Waals surface area (Å²) in [5.41, 5.74) is 8.03. The minimum atomic E-state index is 0.546. The van der Waals surface area contributed by atoms with Gasteiger partial charge in [0.2, 0.25) is 0 Å². The molecule has 3 nitrogen and oxygen atoms in total. The van der Waals surface area contributed by atoms with E-state index in [1.54, 1.807) is 7.11 Å². The van der Waals surface area contributed by atoms with Crippen LogP contribution in [0.2, 0.25) is 0 Å². The van der Waals surface area contributed by atoms with Crippen LogP contribution in [0.25, 0.3) is 0 Å². The number of anilines is 1. The van der Waals surface area contributed by atoms with Crippen LogP contribution < -0.4 is 15.8 Å². The number of hydrogen-bond donors (Lipinski definition) is 2. The van der Waals surface area contributed by atoms with E-state index in [4.69, 9.17) is 10.5 Å². The van der Waals surface area contributed by atoms with Crippen molar-refractivity contribution in [2.45, 2.75) is 12.3 Å². The van der Waals surface area contributed by atoms with Crippen molar-refractivity contribution < 1.29 is 4.74 Å². The molecule has 1 aromatic carbocycles. The van der Waals surface area contributed by atoms with Crippen molar-refractivity contribution in [3.8, 4) is 5.75 Å². The number of benzene rings is 1. The molecule has 3 N–H and O–H groups in total. The van der Waals surface area contributed by atoms with Gasteiger partial charge in [-0.15, -0.1) is 0 Å². The Morgan fingerprint density at radius 1 is 1.50 bits per heavy atom. The quantitative estimate of drug-likeness (QED) is 0.695. The molecule has 1 heterocycles. The van der Waals surface area contributed by atoms with Crippen molar-refractivity contribution in [2.24, 2.45) is 0 Å². The molecule has 0 bridgehead atoms. The van der Waals surface area contributed by atoms with E-state index in [2.05, 4.69) is 5.32 Å². The zero-order valence-electron chi connectivity index (χ0n) is 8.42. The summed E-state index contributed by atoms with van der Waals surface area (Å²) in [7, 11) is 1.68. The van der Waals surface area contributed by atoms with Crippen LogP contribution in [0, 0.1) is 0 Å². The monoisotopic (exact) mass is 192 g/mol. The molecule has 14 heavy (non-hydrogen) atoms. The third-order valence-electron chi connectivity index (χ3n) is 2.79. The standard InChI is InChI=1S/C11H16N2O/c1-14-9-2-3-11(12)10(6-9)8-4-5-13-7-8/h2-3,6,8,13H,4-5,7,12H2,1H3/t8-/m1/s1. The van der Waals surface area contributed by atoms with E-state index >= 15 is 0 Å². The first kappa shape index (κ1) is 9.34. The van der Waals surface area contributed by atoms with E-state index in [0.29, 0.717) is 5.92 Å². The van der Waals surface area contributed by atoms with Crippen LogP contribution >= 0.6 is 0 Å². The van der Waals surface area contributed by atoms with Gasteiger partial charge in [-0.3, -0.25) is 0 Å². The molecule has 0 unspecified atom stereocenters. The highest BCUT2D eigenvalue weighted by Crippen LogP contribution is 2.30. The fourth-order valence-electron chi connectivity index (χ4n) is 1.95. The van der Waals surface area contributed by atoms with Gasteiger partial charge in [-0.2, -0.15) is 0 Å². The largest absolute Gasteiger partial charge is 0.497 e. The Labute approximate surface area is 84.3 Å². The van der Waals surface area contributed by atoms with Crippen molar-refractivity contribution in [1.82, 2.24) is 5.32 Å². The molecule has 0 amide bonds. The molecule has 2 rings (SSSR count). The Morgan fingerprint density at radius 3 is 3.00 bits per heavy atom. The number of hydrogen-bond acceptors (Lipinski definition) is 3. The zero-order valence-corrected chi connectivity index (χ0v) is 8.42. The number of nitrogen functional groups attached to an aromatic ring is 1. The molecule has 1 aromatic rings. The lowest BCUT2D eigenvalue weighted by Gasteiger charge is -2.13. The second-order valence-electron chi connectivity index (χ2n) is 3.68. The summed E-state index contributed by atoms with van der Waals surface area (Å²) >= 11 is 0. The Balaban J connectivity index is 2.29. The van der Waals surface area contributed by atoms with Gasteiger partial charge in [-0.05, 0) is 42.6 Å². The van der Waals surface area contributed by atoms with Gasteiger partial charge in [0.25, 0.3) is 0 Å². The maximum Gasteiger partial charge on any atom is 0.119 e. The zero-order chi connectivity index (χ0) is 9.97. The number of ether oxygens (including phenoxy) is 1. The first-order chi connectivity index (χ1) is 6.81. The minimum absolute atomic E-state index is 0.546. The van der Waals surface area contributed by atoms with Crippen molar-refractivity contribution in [1.29, 1.82) is 0 Å². The average Bonchev–Trinajstić information content (AvgIpc) is 2.71. The number of methoxy groups -OCH3 is 1. The van der Waals surface area contributed by atoms with E-state index in [9.17, 15) is 0 Å². The van der Waals surface area contributed by atoms with E-state index in [1.807, 2.05) is 18.2 Å². The molecule has 0 aliphatic carbocycles. The van der Waals surface area contributed by atoms with Gasteiger partial charge in [0, 0.05) is 12.2 Å². The SMILES string of the molecule is COc1ccc(N)c([C@@H]2CCNC2)c1. The van der Waals surface area contributed by atoms with Crippen LogP contribution in [-0.2, 0) is 0 Å². The lowest BCUT2D eigenvalue weighted by atomic mass is 9.96. The van der Waals surface area contributed by atoms with Crippen molar-refractivity contribution >= 4 is 5.69 Å². The fourth-order valence-corrected chi connectivity index (χ4v) is 1.95. The van der Waals surface area contributed by atoms with Crippen LogP contribution in [0.5, 0.6) is 5.75 Å².